The molecule has 0 unspecified atom stereocenters. The van der Waals surface area contributed by atoms with Crippen molar-refractivity contribution in [2.75, 3.05) is 0 Å². The molecule has 0 fully saturated rings. The van der Waals surface area contributed by atoms with E-state index in [0.717, 1.165) is 23.0 Å². The van der Waals surface area contributed by atoms with Crippen LogP contribution in [-0.4, -0.2) is 21.8 Å². The van der Waals surface area contributed by atoms with Crippen molar-refractivity contribution in [3.8, 4) is 0 Å². The van der Waals surface area contributed by atoms with Gasteiger partial charge in [-0.05, 0) is 22.8 Å². The summed E-state index contributed by atoms with van der Waals surface area (Å²) in [7, 11) is 0. The van der Waals surface area contributed by atoms with E-state index in [2.05, 4.69) is 33.3 Å². The van der Waals surface area contributed by atoms with Crippen LogP contribution in [0.15, 0.2) is 127 Å². The highest BCUT2D eigenvalue weighted by molar-refractivity contribution is 6.00. The summed E-state index contributed by atoms with van der Waals surface area (Å²) in [6.45, 7) is 0.726. The van der Waals surface area contributed by atoms with Crippen LogP contribution >= 0.6 is 0 Å². The van der Waals surface area contributed by atoms with Crippen LogP contribution in [0.1, 0.15) is 22.3 Å². The zero-order valence-corrected chi connectivity index (χ0v) is 19.1. The molecular weight excluding hydrogens is 434 g/mol. The van der Waals surface area contributed by atoms with Gasteiger partial charge in [-0.1, -0.05) is 109 Å². The Balaban J connectivity index is 1.43. The molecule has 5 heteroatoms. The van der Waals surface area contributed by atoms with Gasteiger partial charge in [-0.3, -0.25) is 4.79 Å². The van der Waals surface area contributed by atoms with Crippen molar-refractivity contribution >= 4 is 23.0 Å². The second-order valence-corrected chi connectivity index (χ2v) is 8.36. The summed E-state index contributed by atoms with van der Waals surface area (Å²) in [5.41, 5.74) is 4.78. The number of nitrogens with one attached hydrogen (secondary N) is 1. The van der Waals surface area contributed by atoms with Crippen molar-refractivity contribution < 1.29 is 9.90 Å². The molecule has 0 bridgehead atoms. The lowest BCUT2D eigenvalue weighted by molar-refractivity contribution is -0.136. The van der Waals surface area contributed by atoms with Crippen LogP contribution in [-0.2, 0) is 16.9 Å². The molecule has 2 N–H and O–H groups in total. The predicted molar refractivity (Wildman–Crippen MR) is 139 cm³/mol. The number of hydrazone groups is 1. The minimum Gasteiger partial charge on any atom is -0.372 e. The summed E-state index contributed by atoms with van der Waals surface area (Å²) in [4.78, 5) is 13.3. The average molecular weight is 460 g/mol. The Morgan fingerprint density at radius 2 is 1.34 bits per heavy atom. The van der Waals surface area contributed by atoms with Gasteiger partial charge in [-0.15, -0.1) is 0 Å². The lowest BCUT2D eigenvalue weighted by Gasteiger charge is -2.27. The van der Waals surface area contributed by atoms with Crippen LogP contribution in [0.4, 0.5) is 0 Å². The van der Waals surface area contributed by atoms with Crippen LogP contribution in [0.5, 0.6) is 0 Å². The molecule has 1 amide bonds. The number of aliphatic hydroxyl groups is 1. The summed E-state index contributed by atoms with van der Waals surface area (Å²) >= 11 is 0. The van der Waals surface area contributed by atoms with Gasteiger partial charge in [0.1, 0.15) is 0 Å². The highest BCUT2D eigenvalue weighted by Gasteiger charge is 2.39. The molecule has 0 radical (unpaired) electrons. The molecule has 0 aliphatic carbocycles. The normalized spacial score (nSPS) is 11.7. The molecule has 0 atom stereocenters. The first-order valence-corrected chi connectivity index (χ1v) is 11.4. The third-order valence-electron chi connectivity index (χ3n) is 6.10. The fourth-order valence-electron chi connectivity index (χ4n) is 4.32. The SMILES string of the molecule is O=C(N/N=C/c1cn(Cc2ccccc2)c2ccccc12)C(O)(c1ccccc1)c1ccccc1. The second-order valence-electron chi connectivity index (χ2n) is 8.36. The zero-order valence-electron chi connectivity index (χ0n) is 19.1. The fourth-order valence-corrected chi connectivity index (χ4v) is 4.32. The molecule has 5 nitrogen and oxygen atoms in total. The number of para-hydroxylation sites is 1. The molecule has 1 aromatic heterocycles. The molecule has 0 spiro atoms. The first kappa shape index (κ1) is 22.3. The summed E-state index contributed by atoms with van der Waals surface area (Å²) in [6.07, 6.45) is 3.64. The van der Waals surface area contributed by atoms with Crippen LogP contribution in [0.25, 0.3) is 10.9 Å². The van der Waals surface area contributed by atoms with Gasteiger partial charge in [0, 0.05) is 29.2 Å². The molecule has 172 valence electrons. The van der Waals surface area contributed by atoms with E-state index in [4.69, 9.17) is 0 Å². The van der Waals surface area contributed by atoms with Crippen LogP contribution in [0, 0.1) is 0 Å². The summed E-state index contributed by atoms with van der Waals surface area (Å²) < 4.78 is 2.16. The maximum Gasteiger partial charge on any atom is 0.281 e. The van der Waals surface area contributed by atoms with Crippen molar-refractivity contribution in [3.63, 3.8) is 0 Å². The molecule has 0 saturated heterocycles. The standard InChI is InChI=1S/C30H25N3O2/c34-29(30(35,25-14-6-2-7-15-25)26-16-8-3-9-17-26)32-31-20-24-22-33(21-23-12-4-1-5-13-23)28-19-11-10-18-27(24)28/h1-20,22,35H,21H2,(H,32,34)/b31-20+. The number of hydrogen-bond donors (Lipinski definition) is 2. The first-order valence-electron chi connectivity index (χ1n) is 11.4. The lowest BCUT2D eigenvalue weighted by atomic mass is 9.85. The molecule has 0 saturated carbocycles. The van der Waals surface area contributed by atoms with Crippen molar-refractivity contribution in [2.45, 2.75) is 12.1 Å². The molecule has 35 heavy (non-hydrogen) atoms. The van der Waals surface area contributed by atoms with Gasteiger partial charge in [-0.2, -0.15) is 5.10 Å². The van der Waals surface area contributed by atoms with E-state index in [1.54, 1.807) is 54.7 Å². The average Bonchev–Trinajstić information content (AvgIpc) is 3.27. The van der Waals surface area contributed by atoms with E-state index in [-0.39, 0.29) is 0 Å². The van der Waals surface area contributed by atoms with E-state index in [0.29, 0.717) is 11.1 Å². The number of aromatic nitrogens is 1. The van der Waals surface area contributed by atoms with Gasteiger partial charge in [0.25, 0.3) is 5.91 Å². The quantitative estimate of drug-likeness (QED) is 0.263. The lowest BCUT2D eigenvalue weighted by Crippen LogP contribution is -2.43. The minimum atomic E-state index is -1.87. The van der Waals surface area contributed by atoms with E-state index in [1.807, 2.05) is 54.7 Å². The molecule has 0 aliphatic heterocycles. The Bertz CT molecular complexity index is 1420. The maximum absolute atomic E-state index is 13.3. The van der Waals surface area contributed by atoms with Gasteiger partial charge < -0.3 is 9.67 Å². The predicted octanol–water partition coefficient (Wildman–Crippen LogP) is 5.08. The van der Waals surface area contributed by atoms with Gasteiger partial charge in [0.2, 0.25) is 0 Å². The van der Waals surface area contributed by atoms with Gasteiger partial charge in [0.05, 0.1) is 6.21 Å². The van der Waals surface area contributed by atoms with E-state index in [1.165, 1.54) is 5.56 Å². The van der Waals surface area contributed by atoms with Gasteiger partial charge >= 0.3 is 0 Å². The smallest absolute Gasteiger partial charge is 0.281 e. The van der Waals surface area contributed by atoms with Crippen LogP contribution in [0.3, 0.4) is 0 Å². The fraction of sp³-hybridized carbons (Fsp3) is 0.0667. The number of benzene rings is 4. The van der Waals surface area contributed by atoms with E-state index in [9.17, 15) is 9.90 Å². The maximum atomic E-state index is 13.3. The Morgan fingerprint density at radius 1 is 0.800 bits per heavy atom. The van der Waals surface area contributed by atoms with E-state index < -0.39 is 11.5 Å². The molecular formula is C30H25N3O2. The Kier molecular flexibility index (Phi) is 6.24. The molecule has 1 heterocycles. The number of carbonyl (C=O) groups excluding carboxylic acids is 1. The highest BCUT2D eigenvalue weighted by atomic mass is 16.3. The third-order valence-corrected chi connectivity index (χ3v) is 6.10. The summed E-state index contributed by atoms with van der Waals surface area (Å²) in [6, 6.07) is 36.1. The number of carbonyl (C=O) groups is 1. The number of nitrogens with zero attached hydrogens (tertiary/aromatic N) is 2. The molecule has 5 rings (SSSR count). The Labute approximate surface area is 204 Å². The first-order chi connectivity index (χ1) is 17.2. The third kappa shape index (κ3) is 4.50. The highest BCUT2D eigenvalue weighted by Crippen LogP contribution is 2.30. The number of hydrogen-bond acceptors (Lipinski definition) is 3. The van der Waals surface area contributed by atoms with Gasteiger partial charge in [-0.25, -0.2) is 5.43 Å². The van der Waals surface area contributed by atoms with Crippen LogP contribution < -0.4 is 5.43 Å². The Hall–Kier alpha value is -4.48. The van der Waals surface area contributed by atoms with Gasteiger partial charge in [0.15, 0.2) is 5.60 Å². The van der Waals surface area contributed by atoms with Crippen molar-refractivity contribution in [1.29, 1.82) is 0 Å². The number of fused-ring (bicyclic) bond motifs is 1. The monoisotopic (exact) mass is 459 g/mol. The topological polar surface area (TPSA) is 66.6 Å². The number of rotatable bonds is 7. The number of amides is 1. The zero-order chi connectivity index (χ0) is 24.1. The summed E-state index contributed by atoms with van der Waals surface area (Å²) in [5.74, 6) is -0.626. The van der Waals surface area contributed by atoms with E-state index >= 15 is 0 Å². The molecule has 0 aliphatic rings. The van der Waals surface area contributed by atoms with Crippen molar-refractivity contribution in [3.05, 3.63) is 144 Å². The van der Waals surface area contributed by atoms with Crippen LogP contribution in [0.2, 0.25) is 0 Å². The Morgan fingerprint density at radius 3 is 1.97 bits per heavy atom. The molecule has 5 aromatic rings. The minimum absolute atomic E-state index is 0.471. The summed E-state index contributed by atoms with van der Waals surface area (Å²) in [5, 5.41) is 16.8. The van der Waals surface area contributed by atoms with Crippen molar-refractivity contribution in [2.24, 2.45) is 5.10 Å². The molecule has 4 aromatic carbocycles. The second kappa shape index (κ2) is 9.79. The van der Waals surface area contributed by atoms with Crippen molar-refractivity contribution in [1.82, 2.24) is 9.99 Å². The largest absolute Gasteiger partial charge is 0.372 e.